The molecule has 1 aromatic carbocycles. The van der Waals surface area contributed by atoms with Crippen LogP contribution in [0.25, 0.3) is 10.2 Å². The van der Waals surface area contributed by atoms with Gasteiger partial charge in [0.05, 0.1) is 23.4 Å². The zero-order chi connectivity index (χ0) is 19.3. The smallest absolute Gasteiger partial charge is 0.251 e. The van der Waals surface area contributed by atoms with Gasteiger partial charge in [-0.2, -0.15) is 0 Å². The van der Waals surface area contributed by atoms with Gasteiger partial charge in [-0.15, -0.1) is 0 Å². The van der Waals surface area contributed by atoms with E-state index < -0.39 is 0 Å². The predicted molar refractivity (Wildman–Crippen MR) is 114 cm³/mol. The normalized spacial score (nSPS) is 18.7. The van der Waals surface area contributed by atoms with Crippen molar-refractivity contribution < 1.29 is 9.53 Å². The van der Waals surface area contributed by atoms with Crippen LogP contribution in [0.5, 0.6) is 0 Å². The quantitative estimate of drug-likeness (QED) is 0.805. The summed E-state index contributed by atoms with van der Waals surface area (Å²) in [6, 6.07) is 6.49. The molecule has 28 heavy (non-hydrogen) atoms. The molecular weight excluding hydrogens is 372 g/mol. The molecule has 4 rings (SSSR count). The summed E-state index contributed by atoms with van der Waals surface area (Å²) in [5, 5.41) is 4.10. The number of carbonyl (C=O) groups is 1. The van der Waals surface area contributed by atoms with Crippen LogP contribution in [0.15, 0.2) is 18.2 Å². The fraction of sp³-hybridized carbons (Fsp3) is 0.619. The number of aromatic nitrogens is 1. The maximum absolute atomic E-state index is 12.6. The summed E-state index contributed by atoms with van der Waals surface area (Å²) in [7, 11) is 2.18. The average molecular weight is 403 g/mol. The van der Waals surface area contributed by atoms with Crippen LogP contribution < -0.4 is 10.2 Å². The van der Waals surface area contributed by atoms with Gasteiger partial charge in [0.15, 0.2) is 5.13 Å². The van der Waals surface area contributed by atoms with E-state index in [-0.39, 0.29) is 5.91 Å². The number of rotatable bonds is 6. The first-order chi connectivity index (χ1) is 13.7. The standard InChI is InChI=1S/C21H30N4O2S/c1-24(17-5-3-2-4-6-17)10-9-22-20(26)16-7-8-18-19(15-16)28-21(23-18)25-11-13-27-14-12-25/h7-8,15,17H,2-6,9-14H2,1H3,(H,22,26). The summed E-state index contributed by atoms with van der Waals surface area (Å²) < 4.78 is 6.48. The maximum Gasteiger partial charge on any atom is 0.251 e. The first-order valence-electron chi connectivity index (χ1n) is 10.4. The predicted octanol–water partition coefficient (Wildman–Crippen LogP) is 3.13. The molecule has 1 saturated carbocycles. The number of nitrogens with zero attached hydrogens (tertiary/aromatic N) is 3. The number of fused-ring (bicyclic) bond motifs is 1. The SMILES string of the molecule is CN(CCNC(=O)c1ccc2nc(N3CCOCC3)sc2c1)C1CCCCC1. The third kappa shape index (κ3) is 4.64. The molecule has 0 bridgehead atoms. The molecule has 2 heterocycles. The lowest BCUT2D eigenvalue weighted by Gasteiger charge is -2.31. The van der Waals surface area contributed by atoms with Gasteiger partial charge in [0.2, 0.25) is 0 Å². The monoisotopic (exact) mass is 402 g/mol. The Labute approximate surface area is 170 Å². The number of hydrogen-bond donors (Lipinski definition) is 1. The van der Waals surface area contributed by atoms with E-state index in [9.17, 15) is 4.79 Å². The number of anilines is 1. The number of hydrogen-bond acceptors (Lipinski definition) is 6. The van der Waals surface area contributed by atoms with Gasteiger partial charge < -0.3 is 19.9 Å². The number of benzene rings is 1. The molecule has 1 aliphatic carbocycles. The van der Waals surface area contributed by atoms with Crippen molar-refractivity contribution in [2.45, 2.75) is 38.1 Å². The minimum Gasteiger partial charge on any atom is -0.378 e. The Morgan fingerprint density at radius 3 is 2.86 bits per heavy atom. The van der Waals surface area contributed by atoms with Crippen LogP contribution in [0.1, 0.15) is 42.5 Å². The van der Waals surface area contributed by atoms with Gasteiger partial charge >= 0.3 is 0 Å². The van der Waals surface area contributed by atoms with E-state index in [1.54, 1.807) is 11.3 Å². The second-order valence-electron chi connectivity index (χ2n) is 7.81. The van der Waals surface area contributed by atoms with Crippen LogP contribution >= 0.6 is 11.3 Å². The zero-order valence-corrected chi connectivity index (χ0v) is 17.5. The molecule has 1 saturated heterocycles. The summed E-state index contributed by atoms with van der Waals surface area (Å²) in [5.41, 5.74) is 1.67. The van der Waals surface area contributed by atoms with Gasteiger partial charge in [-0.05, 0) is 38.1 Å². The average Bonchev–Trinajstić information content (AvgIpc) is 3.18. The van der Waals surface area contributed by atoms with Crippen molar-refractivity contribution in [1.29, 1.82) is 0 Å². The molecule has 1 aromatic heterocycles. The van der Waals surface area contributed by atoms with Crippen LogP contribution in [0, 0.1) is 0 Å². The molecule has 0 radical (unpaired) electrons. The van der Waals surface area contributed by atoms with E-state index in [0.717, 1.165) is 48.2 Å². The highest BCUT2D eigenvalue weighted by Gasteiger charge is 2.18. The Morgan fingerprint density at radius 2 is 2.07 bits per heavy atom. The Morgan fingerprint density at radius 1 is 1.29 bits per heavy atom. The number of ether oxygens (including phenoxy) is 1. The Hall–Kier alpha value is -1.70. The van der Waals surface area contributed by atoms with Gasteiger partial charge in [-0.1, -0.05) is 30.6 Å². The fourth-order valence-electron chi connectivity index (χ4n) is 4.10. The van der Waals surface area contributed by atoms with Crippen LogP contribution in [-0.4, -0.2) is 68.3 Å². The van der Waals surface area contributed by atoms with E-state index in [1.807, 2.05) is 18.2 Å². The molecule has 6 nitrogen and oxygen atoms in total. The highest BCUT2D eigenvalue weighted by molar-refractivity contribution is 7.22. The molecule has 0 spiro atoms. The van der Waals surface area contributed by atoms with Crippen molar-refractivity contribution in [3.05, 3.63) is 23.8 Å². The van der Waals surface area contributed by atoms with Crippen LogP contribution in [0.4, 0.5) is 5.13 Å². The maximum atomic E-state index is 12.6. The highest BCUT2D eigenvalue weighted by atomic mass is 32.1. The molecule has 7 heteroatoms. The molecular formula is C21H30N4O2S. The fourth-order valence-corrected chi connectivity index (χ4v) is 5.15. The van der Waals surface area contributed by atoms with Crippen LogP contribution in [0.2, 0.25) is 0 Å². The summed E-state index contributed by atoms with van der Waals surface area (Å²) >= 11 is 1.65. The lowest BCUT2D eigenvalue weighted by molar-refractivity contribution is 0.0944. The molecule has 0 atom stereocenters. The van der Waals surface area contributed by atoms with Gasteiger partial charge in [0, 0.05) is 37.8 Å². The van der Waals surface area contributed by atoms with Crippen molar-refractivity contribution in [3.63, 3.8) is 0 Å². The van der Waals surface area contributed by atoms with Gasteiger partial charge in [-0.3, -0.25) is 4.79 Å². The molecule has 2 aliphatic rings. The van der Waals surface area contributed by atoms with E-state index in [2.05, 4.69) is 22.2 Å². The molecule has 152 valence electrons. The molecule has 1 N–H and O–H groups in total. The molecule has 2 fully saturated rings. The number of amides is 1. The van der Waals surface area contributed by atoms with Crippen molar-refractivity contribution in [1.82, 2.24) is 15.2 Å². The minimum atomic E-state index is 0.000247. The Bertz CT molecular complexity index is 797. The number of carbonyl (C=O) groups excluding carboxylic acids is 1. The van der Waals surface area contributed by atoms with Gasteiger partial charge in [-0.25, -0.2) is 4.98 Å². The molecule has 0 unspecified atom stereocenters. The third-order valence-corrected chi connectivity index (χ3v) is 6.95. The first kappa shape index (κ1) is 19.6. The number of likely N-dealkylation sites (N-methyl/N-ethyl adjacent to an activating group) is 1. The van der Waals surface area contributed by atoms with Crippen molar-refractivity contribution in [2.24, 2.45) is 0 Å². The number of morpholine rings is 1. The minimum absolute atomic E-state index is 0.000247. The van der Waals surface area contributed by atoms with Crippen LogP contribution in [0.3, 0.4) is 0 Å². The second kappa shape index (κ2) is 9.20. The molecule has 2 aromatic rings. The molecule has 1 amide bonds. The summed E-state index contributed by atoms with van der Waals surface area (Å²) in [5.74, 6) is 0.000247. The largest absolute Gasteiger partial charge is 0.378 e. The van der Waals surface area contributed by atoms with E-state index in [1.165, 1.54) is 32.1 Å². The lowest BCUT2D eigenvalue weighted by atomic mass is 9.94. The van der Waals surface area contributed by atoms with Gasteiger partial charge in [0.25, 0.3) is 5.91 Å². The summed E-state index contributed by atoms with van der Waals surface area (Å²) in [6.07, 6.45) is 6.62. The zero-order valence-electron chi connectivity index (χ0n) is 16.7. The number of nitrogens with one attached hydrogen (secondary N) is 1. The van der Waals surface area contributed by atoms with E-state index in [4.69, 9.17) is 9.72 Å². The lowest BCUT2D eigenvalue weighted by Crippen LogP contribution is -2.39. The van der Waals surface area contributed by atoms with Gasteiger partial charge in [0.1, 0.15) is 0 Å². The molecule has 1 aliphatic heterocycles. The van der Waals surface area contributed by atoms with E-state index >= 15 is 0 Å². The summed E-state index contributed by atoms with van der Waals surface area (Å²) in [6.45, 7) is 4.84. The number of thiazole rings is 1. The third-order valence-electron chi connectivity index (χ3n) is 5.87. The van der Waals surface area contributed by atoms with E-state index in [0.29, 0.717) is 18.2 Å². The van der Waals surface area contributed by atoms with Crippen molar-refractivity contribution >= 4 is 32.6 Å². The van der Waals surface area contributed by atoms with Crippen LogP contribution in [-0.2, 0) is 4.74 Å². The Kier molecular flexibility index (Phi) is 6.44. The Balaban J connectivity index is 1.33. The van der Waals surface area contributed by atoms with Crippen molar-refractivity contribution in [3.8, 4) is 0 Å². The summed E-state index contributed by atoms with van der Waals surface area (Å²) in [4.78, 5) is 22.0. The topological polar surface area (TPSA) is 57.7 Å². The first-order valence-corrected chi connectivity index (χ1v) is 11.2. The second-order valence-corrected chi connectivity index (χ2v) is 8.82. The van der Waals surface area contributed by atoms with Crippen molar-refractivity contribution in [2.75, 3.05) is 51.3 Å². The highest BCUT2D eigenvalue weighted by Crippen LogP contribution is 2.30.